The fourth-order valence-corrected chi connectivity index (χ4v) is 3.12. The van der Waals surface area contributed by atoms with Crippen molar-refractivity contribution in [3.63, 3.8) is 0 Å². The third-order valence-electron chi connectivity index (χ3n) is 4.55. The molecule has 118 valence electrons. The second kappa shape index (κ2) is 7.99. The van der Waals surface area contributed by atoms with Crippen molar-refractivity contribution in [1.29, 1.82) is 0 Å². The molecule has 0 atom stereocenters. The zero-order chi connectivity index (χ0) is 15.2. The molecule has 0 spiro atoms. The van der Waals surface area contributed by atoms with Crippen LogP contribution in [0.1, 0.15) is 46.5 Å². The van der Waals surface area contributed by atoms with Crippen LogP contribution in [-0.2, 0) is 9.53 Å². The number of aliphatic hydroxyl groups is 1. The summed E-state index contributed by atoms with van der Waals surface area (Å²) >= 11 is 0. The maximum Gasteiger partial charge on any atom is 0.225 e. The van der Waals surface area contributed by atoms with E-state index in [0.29, 0.717) is 25.1 Å². The standard InChI is InChI=1S/C16H31NO3/c1-16(2,3)14-7-5-13(6-8-14)15(19)17(9-11-18)10-12-20-4/h13-14,18H,5-12H2,1-4H3. The minimum Gasteiger partial charge on any atom is -0.395 e. The van der Waals surface area contributed by atoms with Gasteiger partial charge in [-0.15, -0.1) is 0 Å². The van der Waals surface area contributed by atoms with Crippen LogP contribution in [-0.4, -0.2) is 49.3 Å². The molecule has 0 saturated heterocycles. The van der Waals surface area contributed by atoms with E-state index in [2.05, 4.69) is 20.8 Å². The Balaban J connectivity index is 2.51. The topological polar surface area (TPSA) is 49.8 Å². The first-order valence-electron chi connectivity index (χ1n) is 7.78. The minimum atomic E-state index is 0.0206. The molecule has 0 heterocycles. The predicted octanol–water partition coefficient (Wildman–Crippen LogP) is 2.31. The van der Waals surface area contributed by atoms with E-state index in [-0.39, 0.29) is 18.4 Å². The summed E-state index contributed by atoms with van der Waals surface area (Å²) in [6.45, 7) is 8.41. The second-order valence-corrected chi connectivity index (χ2v) is 6.96. The fraction of sp³-hybridized carbons (Fsp3) is 0.938. The molecule has 0 aromatic carbocycles. The highest BCUT2D eigenvalue weighted by atomic mass is 16.5. The Kier molecular flexibility index (Phi) is 6.96. The summed E-state index contributed by atoms with van der Waals surface area (Å²) in [4.78, 5) is 14.3. The van der Waals surface area contributed by atoms with Crippen molar-refractivity contribution in [3.8, 4) is 0 Å². The molecular formula is C16H31NO3. The fourth-order valence-electron chi connectivity index (χ4n) is 3.12. The van der Waals surface area contributed by atoms with Crippen LogP contribution in [0.25, 0.3) is 0 Å². The van der Waals surface area contributed by atoms with E-state index in [9.17, 15) is 4.79 Å². The summed E-state index contributed by atoms with van der Waals surface area (Å²) in [5.41, 5.74) is 0.342. The molecule has 1 N–H and O–H groups in total. The molecular weight excluding hydrogens is 254 g/mol. The van der Waals surface area contributed by atoms with E-state index >= 15 is 0 Å². The van der Waals surface area contributed by atoms with Crippen molar-refractivity contribution >= 4 is 5.91 Å². The number of carbonyl (C=O) groups is 1. The third-order valence-corrected chi connectivity index (χ3v) is 4.55. The summed E-state index contributed by atoms with van der Waals surface area (Å²) in [5.74, 6) is 1.05. The monoisotopic (exact) mass is 285 g/mol. The molecule has 1 rings (SSSR count). The van der Waals surface area contributed by atoms with Crippen molar-refractivity contribution in [2.45, 2.75) is 46.5 Å². The Morgan fingerprint density at radius 1 is 1.20 bits per heavy atom. The van der Waals surface area contributed by atoms with Crippen LogP contribution < -0.4 is 0 Å². The number of rotatable bonds is 6. The van der Waals surface area contributed by atoms with E-state index in [1.54, 1.807) is 12.0 Å². The Morgan fingerprint density at radius 2 is 1.80 bits per heavy atom. The molecule has 1 amide bonds. The summed E-state index contributed by atoms with van der Waals surface area (Å²) in [6, 6.07) is 0. The van der Waals surface area contributed by atoms with Crippen LogP contribution in [0, 0.1) is 17.3 Å². The molecule has 0 unspecified atom stereocenters. The Hall–Kier alpha value is -0.610. The summed E-state index contributed by atoms with van der Waals surface area (Å²) < 4.78 is 5.04. The number of carbonyl (C=O) groups excluding carboxylic acids is 1. The minimum absolute atomic E-state index is 0.0206. The second-order valence-electron chi connectivity index (χ2n) is 6.96. The highest BCUT2D eigenvalue weighted by molar-refractivity contribution is 5.79. The molecule has 4 heteroatoms. The van der Waals surface area contributed by atoms with Gasteiger partial charge >= 0.3 is 0 Å². The first-order chi connectivity index (χ1) is 9.40. The lowest BCUT2D eigenvalue weighted by atomic mass is 9.69. The van der Waals surface area contributed by atoms with Crippen LogP contribution in [0.2, 0.25) is 0 Å². The molecule has 1 saturated carbocycles. The van der Waals surface area contributed by atoms with Crippen LogP contribution in [0.3, 0.4) is 0 Å². The Labute approximate surface area is 123 Å². The smallest absolute Gasteiger partial charge is 0.225 e. The number of nitrogens with zero attached hydrogens (tertiary/aromatic N) is 1. The number of aliphatic hydroxyl groups excluding tert-OH is 1. The molecule has 1 fully saturated rings. The van der Waals surface area contributed by atoms with E-state index in [0.717, 1.165) is 31.6 Å². The van der Waals surface area contributed by atoms with Crippen molar-refractivity contribution in [1.82, 2.24) is 4.90 Å². The molecule has 0 radical (unpaired) electrons. The molecule has 1 aliphatic rings. The summed E-state index contributed by atoms with van der Waals surface area (Å²) in [6.07, 6.45) is 4.24. The van der Waals surface area contributed by atoms with Crippen LogP contribution in [0.4, 0.5) is 0 Å². The van der Waals surface area contributed by atoms with Crippen LogP contribution in [0.15, 0.2) is 0 Å². The predicted molar refractivity (Wildman–Crippen MR) is 80.4 cm³/mol. The summed E-state index contributed by atoms with van der Waals surface area (Å²) in [5, 5.41) is 9.10. The van der Waals surface area contributed by atoms with Gasteiger partial charge in [0.2, 0.25) is 5.91 Å². The van der Waals surface area contributed by atoms with Gasteiger partial charge in [0.1, 0.15) is 0 Å². The number of amides is 1. The van der Waals surface area contributed by atoms with Gasteiger partial charge in [0.15, 0.2) is 0 Å². The van der Waals surface area contributed by atoms with E-state index in [1.807, 2.05) is 0 Å². The van der Waals surface area contributed by atoms with E-state index in [4.69, 9.17) is 9.84 Å². The van der Waals surface area contributed by atoms with Crippen molar-refractivity contribution in [2.24, 2.45) is 17.3 Å². The Bertz CT molecular complexity index is 291. The molecule has 20 heavy (non-hydrogen) atoms. The van der Waals surface area contributed by atoms with Gasteiger partial charge in [-0.3, -0.25) is 4.79 Å². The van der Waals surface area contributed by atoms with Gasteiger partial charge < -0.3 is 14.7 Å². The molecule has 0 bridgehead atoms. The van der Waals surface area contributed by atoms with Crippen molar-refractivity contribution < 1.29 is 14.6 Å². The first-order valence-corrected chi connectivity index (χ1v) is 7.78. The lowest BCUT2D eigenvalue weighted by molar-refractivity contribution is -0.138. The summed E-state index contributed by atoms with van der Waals surface area (Å²) in [7, 11) is 1.64. The normalized spacial score (nSPS) is 23.6. The van der Waals surface area contributed by atoms with Gasteiger partial charge in [-0.25, -0.2) is 0 Å². The molecule has 1 aliphatic carbocycles. The highest BCUT2D eigenvalue weighted by Gasteiger charge is 2.33. The van der Waals surface area contributed by atoms with Crippen molar-refractivity contribution in [3.05, 3.63) is 0 Å². The lowest BCUT2D eigenvalue weighted by Crippen LogP contribution is -2.41. The van der Waals surface area contributed by atoms with Gasteiger partial charge in [-0.05, 0) is 37.0 Å². The van der Waals surface area contributed by atoms with E-state index < -0.39 is 0 Å². The highest BCUT2D eigenvalue weighted by Crippen LogP contribution is 2.40. The molecule has 0 aromatic rings. The zero-order valence-electron chi connectivity index (χ0n) is 13.5. The Morgan fingerprint density at radius 3 is 2.25 bits per heavy atom. The maximum absolute atomic E-state index is 12.5. The van der Waals surface area contributed by atoms with Crippen LogP contribution in [0.5, 0.6) is 0 Å². The number of hydrogen-bond donors (Lipinski definition) is 1. The van der Waals surface area contributed by atoms with Gasteiger partial charge in [-0.2, -0.15) is 0 Å². The van der Waals surface area contributed by atoms with E-state index in [1.165, 1.54) is 0 Å². The SMILES string of the molecule is COCCN(CCO)C(=O)C1CCC(C(C)(C)C)CC1. The molecule has 0 aromatic heterocycles. The molecule has 0 aliphatic heterocycles. The van der Waals surface area contributed by atoms with Gasteiger partial charge in [0, 0.05) is 26.1 Å². The first kappa shape index (κ1) is 17.4. The average molecular weight is 285 g/mol. The molecule has 4 nitrogen and oxygen atoms in total. The van der Waals surface area contributed by atoms with Gasteiger partial charge in [-0.1, -0.05) is 20.8 Å². The van der Waals surface area contributed by atoms with Gasteiger partial charge in [0.05, 0.1) is 13.2 Å². The number of ether oxygens (including phenoxy) is 1. The average Bonchev–Trinajstić information content (AvgIpc) is 2.42. The van der Waals surface area contributed by atoms with Gasteiger partial charge in [0.25, 0.3) is 0 Å². The quantitative estimate of drug-likeness (QED) is 0.814. The number of hydrogen-bond acceptors (Lipinski definition) is 3. The maximum atomic E-state index is 12.5. The zero-order valence-corrected chi connectivity index (χ0v) is 13.5. The number of methoxy groups -OCH3 is 1. The third kappa shape index (κ3) is 5.06. The lowest BCUT2D eigenvalue weighted by Gasteiger charge is -2.37. The van der Waals surface area contributed by atoms with Crippen molar-refractivity contribution in [2.75, 3.05) is 33.4 Å². The van der Waals surface area contributed by atoms with Crippen LogP contribution >= 0.6 is 0 Å². The largest absolute Gasteiger partial charge is 0.395 e.